The molecule has 2 aromatic rings. The summed E-state index contributed by atoms with van der Waals surface area (Å²) in [6.45, 7) is 3.24. The summed E-state index contributed by atoms with van der Waals surface area (Å²) in [6, 6.07) is 9.86. The molecule has 25 heavy (non-hydrogen) atoms. The van der Waals surface area contributed by atoms with Crippen molar-refractivity contribution >= 4 is 29.1 Å². The van der Waals surface area contributed by atoms with Crippen molar-refractivity contribution in [2.45, 2.75) is 24.9 Å². The van der Waals surface area contributed by atoms with Crippen LogP contribution in [0, 0.1) is 11.3 Å². The average Bonchev–Trinajstić information content (AvgIpc) is 2.59. The van der Waals surface area contributed by atoms with Gasteiger partial charge in [0.2, 0.25) is 0 Å². The van der Waals surface area contributed by atoms with E-state index in [1.165, 1.54) is 11.8 Å². The first-order chi connectivity index (χ1) is 12.0. The van der Waals surface area contributed by atoms with Gasteiger partial charge in [-0.3, -0.25) is 4.79 Å². The number of fused-ring (bicyclic) bond motifs is 1. The van der Waals surface area contributed by atoms with E-state index >= 15 is 0 Å². The molecule has 1 aliphatic rings. The highest BCUT2D eigenvalue weighted by molar-refractivity contribution is 8.00. The van der Waals surface area contributed by atoms with Gasteiger partial charge in [-0.05, 0) is 37.2 Å². The lowest BCUT2D eigenvalue weighted by molar-refractivity contribution is -0.114. The molecular weight excluding hydrogens is 354 g/mol. The Morgan fingerprint density at radius 2 is 2.12 bits per heavy atom. The van der Waals surface area contributed by atoms with Crippen LogP contribution in [0.2, 0.25) is 5.02 Å². The third-order valence-electron chi connectivity index (χ3n) is 4.17. The fourth-order valence-corrected chi connectivity index (χ4v) is 3.92. The predicted octanol–water partition coefficient (Wildman–Crippen LogP) is 3.94. The first kappa shape index (κ1) is 17.9. The van der Waals surface area contributed by atoms with Crippen LogP contribution in [0.4, 0.5) is 0 Å². The van der Waals surface area contributed by atoms with Crippen LogP contribution in [0.15, 0.2) is 29.3 Å². The Hall–Kier alpha value is -1.87. The van der Waals surface area contributed by atoms with Gasteiger partial charge in [0.1, 0.15) is 16.9 Å². The molecule has 0 N–H and O–H groups in total. The monoisotopic (exact) mass is 371 g/mol. The molecule has 6 heteroatoms. The highest BCUT2D eigenvalue weighted by Crippen LogP contribution is 2.37. The third kappa shape index (κ3) is 3.87. The Labute approximate surface area is 156 Å². The number of ketones is 1. The number of nitriles is 1. The van der Waals surface area contributed by atoms with Crippen LogP contribution >= 0.6 is 23.4 Å². The fourth-order valence-electron chi connectivity index (χ4n) is 2.98. The highest BCUT2D eigenvalue weighted by Gasteiger charge is 2.25. The van der Waals surface area contributed by atoms with Crippen LogP contribution in [0.1, 0.15) is 23.7 Å². The molecule has 0 saturated carbocycles. The van der Waals surface area contributed by atoms with Crippen molar-refractivity contribution in [2.75, 3.05) is 19.3 Å². The summed E-state index contributed by atoms with van der Waals surface area (Å²) < 4.78 is 0. The van der Waals surface area contributed by atoms with Crippen LogP contribution in [0.5, 0.6) is 0 Å². The van der Waals surface area contributed by atoms with E-state index in [2.05, 4.69) is 18.0 Å². The van der Waals surface area contributed by atoms with Gasteiger partial charge in [-0.1, -0.05) is 35.5 Å². The van der Waals surface area contributed by atoms with Gasteiger partial charge in [-0.25, -0.2) is 4.98 Å². The summed E-state index contributed by atoms with van der Waals surface area (Å²) >= 11 is 7.37. The molecule has 0 atom stereocenters. The maximum absolute atomic E-state index is 11.4. The van der Waals surface area contributed by atoms with Gasteiger partial charge in [-0.2, -0.15) is 5.26 Å². The van der Waals surface area contributed by atoms with Crippen molar-refractivity contribution in [3.63, 3.8) is 0 Å². The minimum Gasteiger partial charge on any atom is -0.302 e. The Morgan fingerprint density at radius 3 is 2.76 bits per heavy atom. The number of carbonyl (C=O) groups is 1. The molecule has 0 saturated heterocycles. The molecule has 3 rings (SSSR count). The number of Topliss-reactive ketones (excluding diaryl/α,β-unsaturated/α-hetero) is 1. The second kappa shape index (κ2) is 7.57. The maximum atomic E-state index is 11.4. The molecule has 0 spiro atoms. The second-order valence-corrected chi connectivity index (χ2v) is 7.59. The molecule has 0 amide bonds. The van der Waals surface area contributed by atoms with Crippen LogP contribution in [-0.4, -0.2) is 35.0 Å². The van der Waals surface area contributed by atoms with E-state index in [1.807, 2.05) is 24.3 Å². The topological polar surface area (TPSA) is 57.0 Å². The van der Waals surface area contributed by atoms with E-state index in [4.69, 9.17) is 16.6 Å². The van der Waals surface area contributed by atoms with E-state index in [0.29, 0.717) is 21.4 Å². The van der Waals surface area contributed by atoms with Crippen molar-refractivity contribution < 1.29 is 4.79 Å². The summed E-state index contributed by atoms with van der Waals surface area (Å²) in [7, 11) is 2.07. The number of carbonyl (C=O) groups excluding carboxylic acids is 1. The smallest absolute Gasteiger partial charge is 0.140 e. The van der Waals surface area contributed by atoms with Crippen LogP contribution in [0.3, 0.4) is 0 Å². The Morgan fingerprint density at radius 1 is 1.40 bits per heavy atom. The van der Waals surface area contributed by atoms with Gasteiger partial charge in [0, 0.05) is 35.8 Å². The molecular formula is C19H18ClN3OS. The molecule has 0 radical (unpaired) electrons. The zero-order chi connectivity index (χ0) is 18.0. The summed E-state index contributed by atoms with van der Waals surface area (Å²) in [4.78, 5) is 18.3. The van der Waals surface area contributed by atoms with Gasteiger partial charge < -0.3 is 4.90 Å². The Bertz CT molecular complexity index is 858. The lowest BCUT2D eigenvalue weighted by Gasteiger charge is -2.28. The molecule has 0 fully saturated rings. The van der Waals surface area contributed by atoms with Gasteiger partial charge in [0.25, 0.3) is 0 Å². The van der Waals surface area contributed by atoms with Crippen molar-refractivity contribution in [3.05, 3.63) is 46.1 Å². The van der Waals surface area contributed by atoms with E-state index in [-0.39, 0.29) is 5.78 Å². The first-order valence-electron chi connectivity index (χ1n) is 8.02. The molecule has 4 nitrogen and oxygen atoms in total. The van der Waals surface area contributed by atoms with Crippen LogP contribution < -0.4 is 0 Å². The lowest BCUT2D eigenvalue weighted by atomic mass is 9.92. The van der Waals surface area contributed by atoms with E-state index in [9.17, 15) is 10.1 Å². The van der Waals surface area contributed by atoms with Crippen molar-refractivity contribution in [1.29, 1.82) is 5.26 Å². The van der Waals surface area contributed by atoms with Gasteiger partial charge >= 0.3 is 0 Å². The normalized spacial score (nSPS) is 14.0. The standard InChI is InChI=1S/C19H18ClN3OS/c1-12(24)11-25-19-15(9-21)18(13-3-5-14(20)6-4-13)16-10-23(2)8-7-17(16)22-19/h3-6H,7-8,10-11H2,1-2H3. The molecule has 1 aromatic heterocycles. The number of aromatic nitrogens is 1. The number of benzene rings is 1. The zero-order valence-corrected chi connectivity index (χ0v) is 15.7. The Kier molecular flexibility index (Phi) is 5.43. The Balaban J connectivity index is 2.21. The first-order valence-corrected chi connectivity index (χ1v) is 9.38. The number of thioether (sulfide) groups is 1. The summed E-state index contributed by atoms with van der Waals surface area (Å²) in [5.41, 5.74) is 4.54. The number of rotatable bonds is 4. The van der Waals surface area contributed by atoms with E-state index in [1.54, 1.807) is 6.92 Å². The summed E-state index contributed by atoms with van der Waals surface area (Å²) in [5.74, 6) is 0.390. The largest absolute Gasteiger partial charge is 0.302 e. The summed E-state index contributed by atoms with van der Waals surface area (Å²) in [6.07, 6.45) is 0.839. The predicted molar refractivity (Wildman–Crippen MR) is 101 cm³/mol. The SMILES string of the molecule is CC(=O)CSc1nc2c(c(-c3ccc(Cl)cc3)c1C#N)CN(C)CC2. The van der Waals surface area contributed by atoms with Gasteiger partial charge in [0.05, 0.1) is 11.3 Å². The number of halogens is 1. The van der Waals surface area contributed by atoms with E-state index in [0.717, 1.165) is 41.9 Å². The molecule has 2 heterocycles. The van der Waals surface area contributed by atoms with Crippen molar-refractivity contribution in [3.8, 4) is 17.2 Å². The maximum Gasteiger partial charge on any atom is 0.140 e. The minimum absolute atomic E-state index is 0.0705. The minimum atomic E-state index is 0.0705. The van der Waals surface area contributed by atoms with Crippen molar-refractivity contribution in [2.24, 2.45) is 0 Å². The number of nitrogens with zero attached hydrogens (tertiary/aromatic N) is 3. The average molecular weight is 372 g/mol. The molecule has 1 aromatic carbocycles. The highest BCUT2D eigenvalue weighted by atomic mass is 35.5. The van der Waals surface area contributed by atoms with E-state index < -0.39 is 0 Å². The van der Waals surface area contributed by atoms with Crippen LogP contribution in [-0.2, 0) is 17.8 Å². The number of hydrogen-bond donors (Lipinski definition) is 0. The number of hydrogen-bond acceptors (Lipinski definition) is 5. The molecule has 128 valence electrons. The third-order valence-corrected chi connectivity index (χ3v) is 5.54. The molecule has 1 aliphatic heterocycles. The number of likely N-dealkylation sites (N-methyl/N-ethyl adjacent to an activating group) is 1. The lowest BCUT2D eigenvalue weighted by Crippen LogP contribution is -2.28. The summed E-state index contributed by atoms with van der Waals surface area (Å²) in [5, 5.41) is 11.1. The number of pyridine rings is 1. The van der Waals surface area contributed by atoms with Crippen LogP contribution in [0.25, 0.3) is 11.1 Å². The van der Waals surface area contributed by atoms with Gasteiger partial charge in [0.15, 0.2) is 0 Å². The molecule has 0 bridgehead atoms. The molecule has 0 aliphatic carbocycles. The van der Waals surface area contributed by atoms with Crippen molar-refractivity contribution in [1.82, 2.24) is 9.88 Å². The molecule has 0 unspecified atom stereocenters. The zero-order valence-electron chi connectivity index (χ0n) is 14.2. The quantitative estimate of drug-likeness (QED) is 0.762. The van der Waals surface area contributed by atoms with Gasteiger partial charge in [-0.15, -0.1) is 0 Å². The second-order valence-electron chi connectivity index (χ2n) is 6.19. The fraction of sp³-hybridized carbons (Fsp3) is 0.316.